The van der Waals surface area contributed by atoms with Crippen LogP contribution >= 0.6 is 0 Å². The van der Waals surface area contributed by atoms with Crippen LogP contribution in [0.1, 0.15) is 88.7 Å². The van der Waals surface area contributed by atoms with E-state index in [9.17, 15) is 19.2 Å². The van der Waals surface area contributed by atoms with E-state index in [1.165, 1.54) is 7.11 Å². The number of alkyl carbamates (subject to hydrolysis) is 1. The summed E-state index contributed by atoms with van der Waals surface area (Å²) in [5.41, 5.74) is 4.97. The van der Waals surface area contributed by atoms with E-state index in [1.54, 1.807) is 16.0 Å². The summed E-state index contributed by atoms with van der Waals surface area (Å²) in [4.78, 5) is 70.5. The molecule has 4 heterocycles. The molecular weight excluding hydrogens is 646 g/mol. The number of ketones is 1. The molecule has 4 aromatic rings. The minimum absolute atomic E-state index is 0.0227. The average Bonchev–Trinajstić information content (AvgIpc) is 3.94. The number of hydrogen-bond donors (Lipinski definition) is 3. The zero-order valence-electron chi connectivity index (χ0n) is 29.9. The lowest BCUT2D eigenvalue weighted by atomic mass is 9.96. The van der Waals surface area contributed by atoms with Crippen molar-refractivity contribution in [2.75, 3.05) is 20.2 Å². The Morgan fingerprint density at radius 2 is 1.63 bits per heavy atom. The molecule has 2 fully saturated rings. The number of likely N-dealkylation sites (tertiary alicyclic amines) is 2. The Labute approximate surface area is 297 Å². The van der Waals surface area contributed by atoms with Crippen LogP contribution in [0.25, 0.3) is 22.3 Å². The molecule has 2 aromatic carbocycles. The zero-order chi connectivity index (χ0) is 36.4. The molecule has 2 aromatic heterocycles. The van der Waals surface area contributed by atoms with Crippen LogP contribution in [0.2, 0.25) is 0 Å². The predicted molar refractivity (Wildman–Crippen MR) is 192 cm³/mol. The highest BCUT2D eigenvalue weighted by Gasteiger charge is 2.39. The van der Waals surface area contributed by atoms with E-state index in [0.29, 0.717) is 18.2 Å². The maximum absolute atomic E-state index is 13.5. The van der Waals surface area contributed by atoms with E-state index < -0.39 is 18.2 Å². The van der Waals surface area contributed by atoms with Crippen LogP contribution in [0.15, 0.2) is 48.7 Å². The summed E-state index contributed by atoms with van der Waals surface area (Å²) in [6, 6.07) is 12.3. The number of carbonyl (C=O) groups excluding carboxylic acids is 4. The first-order valence-corrected chi connectivity index (χ1v) is 17.6. The molecule has 3 N–H and O–H groups in total. The van der Waals surface area contributed by atoms with Crippen molar-refractivity contribution in [2.45, 2.75) is 72.0 Å². The molecule has 0 spiro atoms. The number of nitrogens with one attached hydrogen (secondary N) is 3. The summed E-state index contributed by atoms with van der Waals surface area (Å²) < 4.78 is 4.74. The quantitative estimate of drug-likeness (QED) is 0.205. The first-order valence-electron chi connectivity index (χ1n) is 17.6. The van der Waals surface area contributed by atoms with Crippen molar-refractivity contribution in [3.8, 4) is 23.1 Å². The van der Waals surface area contributed by atoms with Crippen LogP contribution in [0, 0.1) is 29.6 Å². The minimum atomic E-state index is -0.690. The van der Waals surface area contributed by atoms with Crippen molar-refractivity contribution in [1.82, 2.24) is 35.1 Å². The van der Waals surface area contributed by atoms with Gasteiger partial charge in [0.15, 0.2) is 5.78 Å². The van der Waals surface area contributed by atoms with Crippen LogP contribution in [-0.2, 0) is 19.1 Å². The molecule has 12 nitrogen and oxygen atoms in total. The first-order chi connectivity index (χ1) is 24.4. The number of rotatable bonds is 8. The van der Waals surface area contributed by atoms with Gasteiger partial charge in [0.2, 0.25) is 11.8 Å². The molecule has 51 heavy (non-hydrogen) atoms. The van der Waals surface area contributed by atoms with Crippen LogP contribution in [0.4, 0.5) is 4.79 Å². The van der Waals surface area contributed by atoms with Gasteiger partial charge in [0, 0.05) is 30.0 Å². The van der Waals surface area contributed by atoms with Crippen molar-refractivity contribution in [3.05, 3.63) is 71.4 Å². The molecule has 2 aliphatic heterocycles. The highest BCUT2D eigenvalue weighted by molar-refractivity contribution is 5.91. The van der Waals surface area contributed by atoms with Gasteiger partial charge in [0.25, 0.3) is 0 Å². The Morgan fingerprint density at radius 3 is 2.33 bits per heavy atom. The fraction of sp³-hybridized carbons (Fsp3) is 0.436. The molecule has 4 atom stereocenters. The summed E-state index contributed by atoms with van der Waals surface area (Å²) in [5, 5.41) is 2.68. The molecule has 0 bridgehead atoms. The lowest BCUT2D eigenvalue weighted by Crippen LogP contribution is -2.51. The number of benzene rings is 2. The predicted octanol–water partition coefficient (Wildman–Crippen LogP) is 5.53. The maximum Gasteiger partial charge on any atom is 0.407 e. The van der Waals surface area contributed by atoms with Gasteiger partial charge in [0.05, 0.1) is 48.7 Å². The number of amides is 3. The molecule has 0 unspecified atom stereocenters. The van der Waals surface area contributed by atoms with E-state index in [2.05, 4.69) is 32.1 Å². The summed E-state index contributed by atoms with van der Waals surface area (Å²) in [7, 11) is 1.28. The first kappa shape index (κ1) is 35.4. The van der Waals surface area contributed by atoms with Crippen molar-refractivity contribution >= 4 is 34.7 Å². The van der Waals surface area contributed by atoms with Gasteiger partial charge in [-0.1, -0.05) is 58.6 Å². The second-order valence-electron chi connectivity index (χ2n) is 14.2. The number of aromatic nitrogens is 4. The second kappa shape index (κ2) is 14.8. The van der Waals surface area contributed by atoms with Crippen molar-refractivity contribution in [3.63, 3.8) is 0 Å². The Balaban J connectivity index is 1.13. The Kier molecular flexibility index (Phi) is 10.3. The van der Waals surface area contributed by atoms with E-state index >= 15 is 0 Å². The highest BCUT2D eigenvalue weighted by Crippen LogP contribution is 2.34. The van der Waals surface area contributed by atoms with Crippen LogP contribution in [0.3, 0.4) is 0 Å². The molecule has 0 aliphatic carbocycles. The minimum Gasteiger partial charge on any atom is -0.453 e. The van der Waals surface area contributed by atoms with E-state index in [-0.39, 0.29) is 54.4 Å². The van der Waals surface area contributed by atoms with Gasteiger partial charge in [-0.05, 0) is 60.6 Å². The summed E-state index contributed by atoms with van der Waals surface area (Å²) >= 11 is 0. The Hall–Kier alpha value is -5.44. The topological polar surface area (TPSA) is 153 Å². The second-order valence-corrected chi connectivity index (χ2v) is 14.2. The van der Waals surface area contributed by atoms with Crippen LogP contribution in [-0.4, -0.2) is 79.7 Å². The molecule has 266 valence electrons. The molecule has 2 aliphatic rings. The number of ether oxygens (including phenoxy) is 1. The summed E-state index contributed by atoms with van der Waals surface area (Å²) in [6.07, 6.45) is 3.02. The normalized spacial score (nSPS) is 18.6. The summed E-state index contributed by atoms with van der Waals surface area (Å²) in [5.74, 6) is 7.54. The number of Topliss-reactive ketones (excluding diaryl/α,β-unsaturated/α-hetero) is 1. The fourth-order valence-corrected chi connectivity index (χ4v) is 6.70. The number of imidazole rings is 2. The highest BCUT2D eigenvalue weighted by atomic mass is 16.5. The van der Waals surface area contributed by atoms with Crippen molar-refractivity contribution in [1.29, 1.82) is 0 Å². The van der Waals surface area contributed by atoms with E-state index in [0.717, 1.165) is 46.3 Å². The van der Waals surface area contributed by atoms with Gasteiger partial charge < -0.3 is 29.8 Å². The largest absolute Gasteiger partial charge is 0.453 e. The third-order valence-corrected chi connectivity index (χ3v) is 10.0. The fourth-order valence-electron chi connectivity index (χ4n) is 6.70. The number of nitrogens with zero attached hydrogens (tertiary/aromatic N) is 4. The van der Waals surface area contributed by atoms with Gasteiger partial charge in [0.1, 0.15) is 17.7 Å². The number of H-pyrrole nitrogens is 2. The van der Waals surface area contributed by atoms with Crippen LogP contribution in [0.5, 0.6) is 0 Å². The lowest BCUT2D eigenvalue weighted by molar-refractivity contribution is -0.138. The van der Waals surface area contributed by atoms with Gasteiger partial charge in [-0.3, -0.25) is 14.4 Å². The smallest absolute Gasteiger partial charge is 0.407 e. The van der Waals surface area contributed by atoms with E-state index in [1.807, 2.05) is 77.1 Å². The third-order valence-electron chi connectivity index (χ3n) is 10.0. The van der Waals surface area contributed by atoms with E-state index in [4.69, 9.17) is 9.72 Å². The standard InChI is InChI=1S/C39H45N7O5/c1-22(2)24(5)37(48)46-21-28(47)19-33(46)36-41-29-16-13-26(18-30(29)42-36)10-9-25-11-14-27(15-12-25)31-20-40-35(43-31)32-8-7-17-45(32)38(49)34(23(3)4)44-39(50)51-6/h11-16,18,20,22-24,32-34H,7-8,17,19,21H2,1-6H3,(H,40,43)(H,41,42)(H,44,50)/t24-,32-,33-,34-/m0/s1. The van der Waals surface area contributed by atoms with Crippen LogP contribution < -0.4 is 5.32 Å². The third kappa shape index (κ3) is 7.53. The molecule has 2 saturated heterocycles. The molecule has 0 saturated carbocycles. The zero-order valence-corrected chi connectivity index (χ0v) is 29.9. The molecule has 12 heteroatoms. The Bertz CT molecular complexity index is 2000. The number of fused-ring (bicyclic) bond motifs is 1. The van der Waals surface area contributed by atoms with Crippen molar-refractivity contribution < 1.29 is 23.9 Å². The van der Waals surface area contributed by atoms with Crippen molar-refractivity contribution in [2.24, 2.45) is 17.8 Å². The Morgan fingerprint density at radius 1 is 0.902 bits per heavy atom. The number of methoxy groups -OCH3 is 1. The number of aromatic amines is 2. The molecule has 6 rings (SSSR count). The lowest BCUT2D eigenvalue weighted by Gasteiger charge is -2.30. The monoisotopic (exact) mass is 691 g/mol. The SMILES string of the molecule is COC(=O)N[C@H](C(=O)N1CCC[C@H]1c1ncc(-c2ccc(C#Cc3ccc4nc([C@@H]5CC(=O)CN5C(=O)[C@@H](C)C(C)C)[nH]c4c3)cc2)[nH]1)C(C)C. The molecule has 3 amide bonds. The average molecular weight is 692 g/mol. The summed E-state index contributed by atoms with van der Waals surface area (Å²) in [6.45, 7) is 10.4. The number of hydrogen-bond acceptors (Lipinski definition) is 7. The van der Waals surface area contributed by atoms with Gasteiger partial charge in [-0.2, -0.15) is 0 Å². The number of carbonyl (C=O) groups is 4. The molecular formula is C39H45N7O5. The maximum atomic E-state index is 13.5. The van der Waals surface area contributed by atoms with Gasteiger partial charge >= 0.3 is 6.09 Å². The van der Waals surface area contributed by atoms with Gasteiger partial charge in [-0.25, -0.2) is 14.8 Å². The van der Waals surface area contributed by atoms with Gasteiger partial charge in [-0.15, -0.1) is 0 Å². The molecule has 0 radical (unpaired) electrons.